The standard InChI is InChI=1S/C18H32N4O/c1-2-18-19-7-11-22(18)13-12-21-10-6-14-23-17(16-21)15-20-8-4-3-5-9-20/h7,11,17H,2-6,8-10,12-16H2,1H3. The number of imidazole rings is 1. The van der Waals surface area contributed by atoms with Gasteiger partial charge in [-0.3, -0.25) is 4.90 Å². The second-order valence-electron chi connectivity index (χ2n) is 6.90. The largest absolute Gasteiger partial charge is 0.376 e. The highest BCUT2D eigenvalue weighted by molar-refractivity contribution is 4.91. The Bertz CT molecular complexity index is 456. The van der Waals surface area contributed by atoms with E-state index in [0.717, 1.165) is 52.2 Å². The molecule has 0 amide bonds. The van der Waals surface area contributed by atoms with Gasteiger partial charge >= 0.3 is 0 Å². The van der Waals surface area contributed by atoms with Gasteiger partial charge in [-0.1, -0.05) is 13.3 Å². The molecular weight excluding hydrogens is 288 g/mol. The lowest BCUT2D eigenvalue weighted by Gasteiger charge is -2.31. The minimum absolute atomic E-state index is 0.379. The molecule has 5 heteroatoms. The minimum Gasteiger partial charge on any atom is -0.376 e. The second-order valence-corrected chi connectivity index (χ2v) is 6.90. The Labute approximate surface area is 140 Å². The number of rotatable bonds is 6. The first-order valence-electron chi connectivity index (χ1n) is 9.41. The third kappa shape index (κ3) is 5.03. The molecule has 1 aromatic rings. The molecule has 2 aliphatic heterocycles. The van der Waals surface area contributed by atoms with E-state index in [1.165, 1.54) is 38.2 Å². The van der Waals surface area contributed by atoms with E-state index in [1.807, 2.05) is 6.20 Å². The fraction of sp³-hybridized carbons (Fsp3) is 0.833. The molecule has 3 heterocycles. The fourth-order valence-corrected chi connectivity index (χ4v) is 3.82. The molecule has 0 radical (unpaired) electrons. The zero-order chi connectivity index (χ0) is 15.9. The van der Waals surface area contributed by atoms with Gasteiger partial charge in [0.25, 0.3) is 0 Å². The van der Waals surface area contributed by atoms with Crippen LogP contribution in [0.1, 0.15) is 38.4 Å². The van der Waals surface area contributed by atoms with Crippen LogP contribution in [0.5, 0.6) is 0 Å². The van der Waals surface area contributed by atoms with Crippen molar-refractivity contribution in [3.8, 4) is 0 Å². The summed E-state index contributed by atoms with van der Waals surface area (Å²) in [6.45, 7) is 11.1. The zero-order valence-electron chi connectivity index (χ0n) is 14.6. The molecule has 23 heavy (non-hydrogen) atoms. The lowest BCUT2D eigenvalue weighted by atomic mass is 10.1. The fourth-order valence-electron chi connectivity index (χ4n) is 3.82. The van der Waals surface area contributed by atoms with Gasteiger partial charge in [0.1, 0.15) is 5.82 Å². The van der Waals surface area contributed by atoms with Crippen molar-refractivity contribution in [3.05, 3.63) is 18.2 Å². The van der Waals surface area contributed by atoms with E-state index < -0.39 is 0 Å². The molecule has 0 bridgehead atoms. The van der Waals surface area contributed by atoms with Gasteiger partial charge in [-0.2, -0.15) is 0 Å². The average molecular weight is 320 g/mol. The number of ether oxygens (including phenoxy) is 1. The van der Waals surface area contributed by atoms with Crippen LogP contribution in [-0.4, -0.2) is 71.3 Å². The number of likely N-dealkylation sites (tertiary alicyclic amines) is 1. The van der Waals surface area contributed by atoms with E-state index in [4.69, 9.17) is 4.74 Å². The topological polar surface area (TPSA) is 33.5 Å². The summed E-state index contributed by atoms with van der Waals surface area (Å²) in [7, 11) is 0. The van der Waals surface area contributed by atoms with E-state index in [1.54, 1.807) is 0 Å². The van der Waals surface area contributed by atoms with Crippen LogP contribution in [0.3, 0.4) is 0 Å². The maximum Gasteiger partial charge on any atom is 0.108 e. The van der Waals surface area contributed by atoms with Gasteiger partial charge in [0.05, 0.1) is 6.10 Å². The summed E-state index contributed by atoms with van der Waals surface area (Å²) in [5.41, 5.74) is 0. The summed E-state index contributed by atoms with van der Waals surface area (Å²) >= 11 is 0. The quantitative estimate of drug-likeness (QED) is 0.803. The van der Waals surface area contributed by atoms with Crippen LogP contribution in [0.25, 0.3) is 0 Å². The molecular formula is C18H32N4O. The van der Waals surface area contributed by atoms with Crippen LogP contribution in [0.4, 0.5) is 0 Å². The normalized spacial score (nSPS) is 24.7. The number of nitrogens with zero attached hydrogens (tertiary/aromatic N) is 4. The molecule has 130 valence electrons. The zero-order valence-corrected chi connectivity index (χ0v) is 14.6. The number of hydrogen-bond donors (Lipinski definition) is 0. The van der Waals surface area contributed by atoms with E-state index in [2.05, 4.69) is 32.5 Å². The molecule has 5 nitrogen and oxygen atoms in total. The highest BCUT2D eigenvalue weighted by Gasteiger charge is 2.22. The lowest BCUT2D eigenvalue weighted by molar-refractivity contribution is 0.0221. The van der Waals surface area contributed by atoms with Crippen molar-refractivity contribution in [1.82, 2.24) is 19.4 Å². The summed E-state index contributed by atoms with van der Waals surface area (Å²) in [6, 6.07) is 0. The number of hydrogen-bond acceptors (Lipinski definition) is 4. The van der Waals surface area contributed by atoms with Crippen molar-refractivity contribution in [1.29, 1.82) is 0 Å². The van der Waals surface area contributed by atoms with E-state index in [-0.39, 0.29) is 0 Å². The first-order chi connectivity index (χ1) is 11.3. The Morgan fingerprint density at radius 1 is 1.09 bits per heavy atom. The first-order valence-corrected chi connectivity index (χ1v) is 9.41. The minimum atomic E-state index is 0.379. The Balaban J connectivity index is 1.48. The Kier molecular flexibility index (Phi) is 6.48. The second kappa shape index (κ2) is 8.81. The molecule has 0 spiro atoms. The van der Waals surface area contributed by atoms with Crippen molar-refractivity contribution in [2.75, 3.05) is 45.9 Å². The predicted molar refractivity (Wildman–Crippen MR) is 92.7 cm³/mol. The molecule has 0 saturated carbocycles. The number of aryl methyl sites for hydroxylation is 1. The SMILES string of the molecule is CCc1nccn1CCN1CCCOC(CN2CCCCC2)C1. The summed E-state index contributed by atoms with van der Waals surface area (Å²) in [5.74, 6) is 1.20. The smallest absolute Gasteiger partial charge is 0.108 e. The van der Waals surface area contributed by atoms with Gasteiger partial charge in [0.2, 0.25) is 0 Å². The Morgan fingerprint density at radius 2 is 1.91 bits per heavy atom. The molecule has 1 atom stereocenters. The third-order valence-electron chi connectivity index (χ3n) is 5.12. The van der Waals surface area contributed by atoms with Gasteiger partial charge < -0.3 is 14.2 Å². The van der Waals surface area contributed by atoms with Gasteiger partial charge in [-0.15, -0.1) is 0 Å². The summed E-state index contributed by atoms with van der Waals surface area (Å²) in [6.07, 6.45) is 10.7. The van der Waals surface area contributed by atoms with Crippen LogP contribution in [0, 0.1) is 0 Å². The highest BCUT2D eigenvalue weighted by Crippen LogP contribution is 2.13. The number of piperidine rings is 1. The lowest BCUT2D eigenvalue weighted by Crippen LogP contribution is -2.42. The third-order valence-corrected chi connectivity index (χ3v) is 5.12. The molecule has 2 fully saturated rings. The molecule has 0 aromatic carbocycles. The van der Waals surface area contributed by atoms with Crippen LogP contribution in [-0.2, 0) is 17.7 Å². The van der Waals surface area contributed by atoms with E-state index >= 15 is 0 Å². The Hall–Kier alpha value is -0.910. The average Bonchev–Trinajstić information content (AvgIpc) is 2.93. The molecule has 2 aliphatic rings. The van der Waals surface area contributed by atoms with Crippen molar-refractivity contribution in [2.24, 2.45) is 0 Å². The van der Waals surface area contributed by atoms with Gasteiger partial charge in [0, 0.05) is 58.1 Å². The summed E-state index contributed by atoms with van der Waals surface area (Å²) < 4.78 is 8.41. The van der Waals surface area contributed by atoms with Gasteiger partial charge in [-0.25, -0.2) is 4.98 Å². The summed E-state index contributed by atoms with van der Waals surface area (Å²) in [5, 5.41) is 0. The molecule has 0 N–H and O–H groups in total. The molecule has 2 saturated heterocycles. The van der Waals surface area contributed by atoms with Gasteiger partial charge in [-0.05, 0) is 32.4 Å². The van der Waals surface area contributed by atoms with Crippen molar-refractivity contribution in [3.63, 3.8) is 0 Å². The predicted octanol–water partition coefficient (Wildman–Crippen LogP) is 2.02. The molecule has 0 aliphatic carbocycles. The van der Waals surface area contributed by atoms with Crippen molar-refractivity contribution < 1.29 is 4.74 Å². The van der Waals surface area contributed by atoms with Crippen LogP contribution in [0.2, 0.25) is 0 Å². The highest BCUT2D eigenvalue weighted by atomic mass is 16.5. The van der Waals surface area contributed by atoms with Crippen molar-refractivity contribution >= 4 is 0 Å². The maximum absolute atomic E-state index is 6.12. The molecule has 1 unspecified atom stereocenters. The van der Waals surface area contributed by atoms with Gasteiger partial charge in [0.15, 0.2) is 0 Å². The maximum atomic E-state index is 6.12. The molecule has 1 aromatic heterocycles. The first kappa shape index (κ1) is 16.9. The van der Waals surface area contributed by atoms with E-state index in [9.17, 15) is 0 Å². The monoisotopic (exact) mass is 320 g/mol. The van der Waals surface area contributed by atoms with Crippen LogP contribution in [0.15, 0.2) is 12.4 Å². The van der Waals surface area contributed by atoms with E-state index in [0.29, 0.717) is 6.10 Å². The van der Waals surface area contributed by atoms with Crippen LogP contribution >= 0.6 is 0 Å². The summed E-state index contributed by atoms with van der Waals surface area (Å²) in [4.78, 5) is 9.61. The van der Waals surface area contributed by atoms with Crippen molar-refractivity contribution in [2.45, 2.75) is 51.7 Å². The Morgan fingerprint density at radius 3 is 2.74 bits per heavy atom. The molecule has 3 rings (SSSR count). The number of aromatic nitrogens is 2. The van der Waals surface area contributed by atoms with Crippen LogP contribution < -0.4 is 0 Å².